The monoisotopic (exact) mass is 734 g/mol. The Labute approximate surface area is 317 Å². The highest BCUT2D eigenvalue weighted by molar-refractivity contribution is 6.02. The van der Waals surface area contributed by atoms with Gasteiger partial charge in [0.1, 0.15) is 23.5 Å². The minimum atomic E-state index is -0.664. The Hall–Kier alpha value is -4.87. The van der Waals surface area contributed by atoms with E-state index in [9.17, 15) is 24.4 Å². The van der Waals surface area contributed by atoms with Gasteiger partial charge in [-0.05, 0) is 97.2 Å². The number of hydrogen-bond donors (Lipinski definition) is 2. The molecule has 4 saturated heterocycles. The summed E-state index contributed by atoms with van der Waals surface area (Å²) in [5.41, 5.74) is 5.75. The molecule has 4 unspecified atom stereocenters. The molecule has 0 spiro atoms. The number of carbonyl (C=O) groups is 3. The van der Waals surface area contributed by atoms with Gasteiger partial charge in [-0.3, -0.25) is 19.7 Å². The number of amides is 3. The summed E-state index contributed by atoms with van der Waals surface area (Å²) in [7, 11) is 0. The average molecular weight is 735 g/mol. The maximum Gasteiger partial charge on any atom is 0.257 e. The molecule has 284 valence electrons. The van der Waals surface area contributed by atoms with E-state index in [1.165, 1.54) is 11.1 Å². The third-order valence-corrected chi connectivity index (χ3v) is 11.7. The Bertz CT molecular complexity index is 1840. The summed E-state index contributed by atoms with van der Waals surface area (Å²) in [4.78, 5) is 57.1. The predicted molar refractivity (Wildman–Crippen MR) is 206 cm³/mol. The molecule has 54 heavy (non-hydrogen) atoms. The van der Waals surface area contributed by atoms with Crippen molar-refractivity contribution in [1.82, 2.24) is 20.0 Å². The standard InChI is InChI=1S/C43H51N5O6/c1-2-35(30-9-5-3-6-10-30)41(31-11-15-33(49)16-12-31)32-13-17-34(18-14-32)54-28-8-4-7-23-45-24-26-46(27-25-45)40-22-19-36-38(48(40)53)29-47(43(36)52)37-20-21-39(50)44-42(37)51/h3,5-6,9-18,36-38,40H,2,4,7-8,19-29H2,1H3,(H-,44,49,50,51)/p+1/b41-35-. The number of hydrogen-bond acceptors (Lipinski definition) is 8. The van der Waals surface area contributed by atoms with E-state index in [0.717, 1.165) is 85.6 Å². The van der Waals surface area contributed by atoms with Crippen LogP contribution in [0.25, 0.3) is 11.1 Å². The lowest BCUT2D eigenvalue weighted by molar-refractivity contribution is -0.654. The van der Waals surface area contributed by atoms with Crippen LogP contribution >= 0.6 is 0 Å². The fourth-order valence-corrected chi connectivity index (χ4v) is 8.77. The number of unbranched alkanes of at least 4 members (excludes halogenated alkanes) is 2. The topological polar surface area (TPSA) is 123 Å². The highest BCUT2D eigenvalue weighted by Gasteiger charge is 2.58. The third-order valence-electron chi connectivity index (χ3n) is 11.7. The van der Waals surface area contributed by atoms with Gasteiger partial charge in [-0.1, -0.05) is 61.5 Å². The van der Waals surface area contributed by atoms with Crippen molar-refractivity contribution >= 4 is 28.9 Å². The van der Waals surface area contributed by atoms with Crippen molar-refractivity contribution in [2.45, 2.75) is 76.5 Å². The number of fused-ring (bicyclic) bond motifs is 1. The minimum absolute atomic E-state index is 0.125. The van der Waals surface area contributed by atoms with Gasteiger partial charge in [-0.25, -0.2) is 4.90 Å². The first-order chi connectivity index (χ1) is 26.3. The second kappa shape index (κ2) is 17.1. The Kier molecular flexibility index (Phi) is 11.8. The molecule has 3 aromatic rings. The SMILES string of the molecule is CC/C(=C(\c1ccc(O)cc1)c1ccc(OCCCCCN2CCN(C3CCC4C(=O)N(C5CCC(=O)NC5=O)CC4[N+]3=O)CC2)cc1)c1ccccc1. The summed E-state index contributed by atoms with van der Waals surface area (Å²) >= 11 is 0. The summed E-state index contributed by atoms with van der Waals surface area (Å²) in [6, 6.07) is 25.1. The highest BCUT2D eigenvalue weighted by Crippen LogP contribution is 2.37. The van der Waals surface area contributed by atoms with E-state index >= 15 is 0 Å². The van der Waals surface area contributed by atoms with Crippen LogP contribution in [-0.2, 0) is 14.4 Å². The Morgan fingerprint density at radius 3 is 2.22 bits per heavy atom. The number of phenols is 1. The molecule has 3 amide bonds. The fraction of sp³-hybridized carbons (Fsp3) is 0.465. The normalized spacial score (nSPS) is 24.3. The molecule has 0 aromatic heterocycles. The van der Waals surface area contributed by atoms with Gasteiger partial charge in [0.25, 0.3) is 6.17 Å². The molecular weight excluding hydrogens is 683 g/mol. The van der Waals surface area contributed by atoms with Crippen molar-refractivity contribution in [2.24, 2.45) is 5.92 Å². The quantitative estimate of drug-likeness (QED) is 0.103. The van der Waals surface area contributed by atoms with Crippen LogP contribution < -0.4 is 10.1 Å². The number of likely N-dealkylation sites (tertiary alicyclic amines) is 1. The molecule has 4 heterocycles. The maximum atomic E-state index is 13.6. The zero-order chi connectivity index (χ0) is 37.6. The lowest BCUT2D eigenvalue weighted by atomic mass is 9.88. The van der Waals surface area contributed by atoms with E-state index in [4.69, 9.17) is 4.74 Å². The van der Waals surface area contributed by atoms with Crippen LogP contribution in [0, 0.1) is 10.8 Å². The van der Waals surface area contributed by atoms with Gasteiger partial charge in [0.05, 0.1) is 13.2 Å². The summed E-state index contributed by atoms with van der Waals surface area (Å²) in [6.07, 6.45) is 5.57. The van der Waals surface area contributed by atoms with Gasteiger partial charge in [0.15, 0.2) is 0 Å². The van der Waals surface area contributed by atoms with Gasteiger partial charge in [0.2, 0.25) is 23.8 Å². The van der Waals surface area contributed by atoms with Crippen LogP contribution in [0.15, 0.2) is 78.9 Å². The lowest BCUT2D eigenvalue weighted by Gasteiger charge is -2.37. The van der Waals surface area contributed by atoms with Gasteiger partial charge >= 0.3 is 0 Å². The van der Waals surface area contributed by atoms with Gasteiger partial charge in [0, 0.05) is 48.7 Å². The van der Waals surface area contributed by atoms with Crippen LogP contribution in [0.2, 0.25) is 0 Å². The lowest BCUT2D eigenvalue weighted by Crippen LogP contribution is -2.57. The molecule has 0 saturated carbocycles. The number of piperazine rings is 1. The van der Waals surface area contributed by atoms with Crippen LogP contribution in [-0.4, -0.2) is 106 Å². The average Bonchev–Trinajstić information content (AvgIpc) is 3.53. The molecule has 0 aliphatic carbocycles. The first-order valence-electron chi connectivity index (χ1n) is 19.7. The number of carbonyl (C=O) groups excluding carboxylic acids is 3. The number of ether oxygens (including phenoxy) is 1. The zero-order valence-electron chi connectivity index (χ0n) is 31.2. The van der Waals surface area contributed by atoms with Crippen molar-refractivity contribution in [3.63, 3.8) is 0 Å². The highest BCUT2D eigenvalue weighted by atomic mass is 16.5. The van der Waals surface area contributed by atoms with Gasteiger partial charge in [-0.2, -0.15) is 0 Å². The van der Waals surface area contributed by atoms with Crippen molar-refractivity contribution in [3.05, 3.63) is 100 Å². The van der Waals surface area contributed by atoms with E-state index < -0.39 is 18.0 Å². The summed E-state index contributed by atoms with van der Waals surface area (Å²) in [6.45, 7) is 7.56. The molecule has 7 rings (SSSR count). The van der Waals surface area contributed by atoms with Crippen LogP contribution in [0.4, 0.5) is 0 Å². The molecule has 4 atom stereocenters. The molecule has 3 aromatic carbocycles. The van der Waals surface area contributed by atoms with Crippen LogP contribution in [0.1, 0.15) is 75.0 Å². The Morgan fingerprint density at radius 2 is 1.54 bits per heavy atom. The maximum absolute atomic E-state index is 13.6. The van der Waals surface area contributed by atoms with Crippen molar-refractivity contribution in [3.8, 4) is 11.5 Å². The largest absolute Gasteiger partial charge is 0.508 e. The number of imide groups is 1. The third kappa shape index (κ3) is 8.27. The van der Waals surface area contributed by atoms with E-state index in [2.05, 4.69) is 58.4 Å². The number of phenolic OH excluding ortho intramolecular Hbond substituents is 1. The summed E-state index contributed by atoms with van der Waals surface area (Å²) < 4.78 is 7.28. The van der Waals surface area contributed by atoms with Crippen LogP contribution in [0.3, 0.4) is 0 Å². The number of nitroso groups, excluding NO2 is 1. The molecule has 0 bridgehead atoms. The van der Waals surface area contributed by atoms with Crippen LogP contribution in [0.5, 0.6) is 11.5 Å². The van der Waals surface area contributed by atoms with Crippen molar-refractivity contribution in [1.29, 1.82) is 0 Å². The second-order valence-corrected chi connectivity index (χ2v) is 15.0. The van der Waals surface area contributed by atoms with Gasteiger partial charge in [-0.15, -0.1) is 0 Å². The first-order valence-corrected chi connectivity index (χ1v) is 19.7. The number of nitrogens with zero attached hydrogens (tertiary/aromatic N) is 4. The van der Waals surface area contributed by atoms with E-state index in [0.29, 0.717) is 25.9 Å². The molecular formula is C43H52N5O6+. The van der Waals surface area contributed by atoms with E-state index in [-0.39, 0.29) is 42.6 Å². The predicted octanol–water partition coefficient (Wildman–Crippen LogP) is 5.46. The van der Waals surface area contributed by atoms with E-state index in [1.54, 1.807) is 17.0 Å². The summed E-state index contributed by atoms with van der Waals surface area (Å²) in [5, 5.41) is 12.3. The number of rotatable bonds is 13. The van der Waals surface area contributed by atoms with Gasteiger partial charge < -0.3 is 19.6 Å². The van der Waals surface area contributed by atoms with Crippen molar-refractivity contribution in [2.75, 3.05) is 45.9 Å². The Balaban J connectivity index is 0.840. The summed E-state index contributed by atoms with van der Waals surface area (Å²) in [5.74, 6) is -0.141. The zero-order valence-corrected chi connectivity index (χ0v) is 31.2. The molecule has 11 nitrogen and oxygen atoms in total. The number of benzene rings is 3. The van der Waals surface area contributed by atoms with Crippen molar-refractivity contribution < 1.29 is 29.0 Å². The molecule has 2 N–H and O–H groups in total. The minimum Gasteiger partial charge on any atom is -0.508 e. The van der Waals surface area contributed by atoms with E-state index in [1.807, 2.05) is 30.3 Å². The molecule has 11 heteroatoms. The fourth-order valence-electron chi connectivity index (χ4n) is 8.77. The number of nitrogens with one attached hydrogen (secondary N) is 1. The first kappa shape index (κ1) is 37.4. The second-order valence-electron chi connectivity index (χ2n) is 15.0. The molecule has 4 fully saturated rings. The molecule has 4 aliphatic heterocycles. The molecule has 0 radical (unpaired) electrons. The number of aromatic hydroxyl groups is 1. The number of piperidine rings is 2. The smallest absolute Gasteiger partial charge is 0.257 e. The molecule has 4 aliphatic rings. The Morgan fingerprint density at radius 1 is 0.833 bits per heavy atom. The number of allylic oxidation sites excluding steroid dienone is 1.